The number of hydrogen-bond acceptors (Lipinski definition) is 5. The molecule has 5 rings (SSSR count). The van der Waals surface area contributed by atoms with Gasteiger partial charge in [-0.15, -0.1) is 14.3 Å². The normalized spacial score (nSPS) is 12.1. The van der Waals surface area contributed by atoms with E-state index in [-0.39, 0.29) is 17.7 Å². The molecule has 0 aliphatic rings. The topological polar surface area (TPSA) is 90.5 Å². The van der Waals surface area contributed by atoms with Crippen LogP contribution < -0.4 is 10.6 Å². The van der Waals surface area contributed by atoms with Crippen molar-refractivity contribution in [1.29, 1.82) is 0 Å². The second-order valence-corrected chi connectivity index (χ2v) is 9.26. The first kappa shape index (κ1) is 24.7. The van der Waals surface area contributed by atoms with Crippen LogP contribution in [-0.2, 0) is 13.1 Å². The predicted octanol–water partition coefficient (Wildman–Crippen LogP) is 4.44. The molecular weight excluding hydrogens is 488 g/mol. The molecule has 0 radical (unpaired) electrons. The molecule has 2 atom stereocenters. The van der Waals surface area contributed by atoms with Crippen molar-refractivity contribution in [3.05, 3.63) is 95.0 Å². The van der Waals surface area contributed by atoms with Gasteiger partial charge in [-0.05, 0) is 43.8 Å². The maximum absolute atomic E-state index is 15.2. The quantitative estimate of drug-likeness (QED) is 0.324. The van der Waals surface area contributed by atoms with Gasteiger partial charge in [-0.25, -0.2) is 19.3 Å². The Morgan fingerprint density at radius 3 is 2.46 bits per heavy atom. The van der Waals surface area contributed by atoms with Crippen LogP contribution in [0, 0.1) is 12.7 Å². The van der Waals surface area contributed by atoms with E-state index in [9.17, 15) is 4.79 Å². The highest BCUT2D eigenvalue weighted by Gasteiger charge is 2.28. The smallest absolute Gasteiger partial charge is 0.259 e. The number of anilines is 1. The molecule has 3 heterocycles. The fourth-order valence-corrected chi connectivity index (χ4v) is 4.91. The minimum Gasteiger partial charge on any atom is -0.326 e. The number of rotatable bonds is 7. The third kappa shape index (κ3) is 4.62. The van der Waals surface area contributed by atoms with Gasteiger partial charge in [-0.3, -0.25) is 14.8 Å². The molecule has 37 heavy (non-hydrogen) atoms. The number of carbonyl (C=O) groups is 1. The Labute approximate surface area is 216 Å². The molecule has 8 nitrogen and oxygen atoms in total. The summed E-state index contributed by atoms with van der Waals surface area (Å²) in [5, 5.41) is 7.93. The molecule has 188 valence electrons. The zero-order chi connectivity index (χ0) is 26.1. The fourth-order valence-electron chi connectivity index (χ4n) is 4.54. The Hall–Kier alpha value is -3.97. The van der Waals surface area contributed by atoms with Crippen molar-refractivity contribution < 1.29 is 9.18 Å². The van der Waals surface area contributed by atoms with Crippen molar-refractivity contribution >= 4 is 37.6 Å². The summed E-state index contributed by atoms with van der Waals surface area (Å²) in [6.07, 6.45) is 1.56. The summed E-state index contributed by atoms with van der Waals surface area (Å²) in [5.74, 6) is -0.243. The van der Waals surface area contributed by atoms with Crippen LogP contribution in [0.15, 0.2) is 60.9 Å². The molecule has 0 saturated carbocycles. The highest BCUT2D eigenvalue weighted by molar-refractivity contribution is 7.27. The summed E-state index contributed by atoms with van der Waals surface area (Å²) in [7, 11) is 2.74. The summed E-state index contributed by atoms with van der Waals surface area (Å²) >= 11 is 0. The monoisotopic (exact) mass is 515 g/mol. The molecule has 0 saturated heterocycles. The summed E-state index contributed by atoms with van der Waals surface area (Å²) < 4.78 is 18.8. The molecule has 0 fully saturated rings. The summed E-state index contributed by atoms with van der Waals surface area (Å²) in [6, 6.07) is 16.4. The van der Waals surface area contributed by atoms with Gasteiger partial charge in [0.2, 0.25) is 5.95 Å². The molecule has 0 spiro atoms. The number of imidazole rings is 1. The number of carbonyl (C=O) groups excluding carboxylic acids is 1. The highest BCUT2D eigenvalue weighted by Crippen LogP contribution is 2.35. The van der Waals surface area contributed by atoms with Gasteiger partial charge < -0.3 is 4.57 Å². The Bertz CT molecular complexity index is 1560. The Morgan fingerprint density at radius 1 is 1.05 bits per heavy atom. The van der Waals surface area contributed by atoms with Crippen molar-refractivity contribution in [1.82, 2.24) is 29.3 Å². The van der Waals surface area contributed by atoms with Gasteiger partial charge >= 0.3 is 0 Å². The van der Waals surface area contributed by atoms with E-state index >= 15 is 4.39 Å². The third-order valence-corrected chi connectivity index (χ3v) is 6.92. The molecule has 1 N–H and O–H groups in total. The summed E-state index contributed by atoms with van der Waals surface area (Å²) in [6.45, 7) is 6.91. The van der Waals surface area contributed by atoms with Crippen LogP contribution in [0.1, 0.15) is 52.8 Å². The standard InChI is InChI=1S/C27H27FN7OP/c1-4-34-15-29-27(33-34)32-26(36)19-14-21-24(30-16(19)3)31-25(35(21)5-2)23(17-10-6-8-12-20(17)28)18-11-7-9-13-22(18)37/h6-15,23H,4-5,37H2,1-3H3,(H,32,33,36). The number of benzene rings is 2. The van der Waals surface area contributed by atoms with E-state index in [0.717, 1.165) is 10.9 Å². The Balaban J connectivity index is 1.65. The van der Waals surface area contributed by atoms with Crippen LogP contribution in [0.2, 0.25) is 0 Å². The number of aromatic nitrogens is 6. The maximum atomic E-state index is 15.2. The first-order valence-corrected chi connectivity index (χ1v) is 12.7. The molecular formula is C27H27FN7OP. The van der Waals surface area contributed by atoms with E-state index in [2.05, 4.69) is 29.6 Å². The lowest BCUT2D eigenvalue weighted by Gasteiger charge is -2.21. The first-order valence-electron chi connectivity index (χ1n) is 12.1. The van der Waals surface area contributed by atoms with Gasteiger partial charge in [0.1, 0.15) is 18.0 Å². The molecule has 0 aliphatic heterocycles. The lowest BCUT2D eigenvalue weighted by atomic mass is 9.90. The van der Waals surface area contributed by atoms with Crippen molar-refractivity contribution in [2.24, 2.45) is 0 Å². The van der Waals surface area contributed by atoms with Crippen molar-refractivity contribution in [2.75, 3.05) is 5.32 Å². The molecule has 2 aromatic carbocycles. The zero-order valence-corrected chi connectivity index (χ0v) is 22.0. The van der Waals surface area contributed by atoms with Gasteiger partial charge in [0.05, 0.1) is 22.7 Å². The lowest BCUT2D eigenvalue weighted by molar-refractivity contribution is 0.102. The SMILES string of the molecule is CCn1cnc(NC(=O)c2cc3c(nc2C)nc(C(c2ccccc2F)c2ccccc2P)n3CC)n1. The van der Waals surface area contributed by atoms with Gasteiger partial charge in [0.15, 0.2) is 5.65 Å². The van der Waals surface area contributed by atoms with Crippen LogP contribution in [0.25, 0.3) is 11.2 Å². The zero-order valence-electron chi connectivity index (χ0n) is 20.8. The van der Waals surface area contributed by atoms with E-state index in [0.29, 0.717) is 46.9 Å². The molecule has 1 amide bonds. The van der Waals surface area contributed by atoms with Crippen LogP contribution in [0.3, 0.4) is 0 Å². The average molecular weight is 516 g/mol. The number of fused-ring (bicyclic) bond motifs is 1. The Morgan fingerprint density at radius 2 is 1.78 bits per heavy atom. The number of nitrogens with zero attached hydrogens (tertiary/aromatic N) is 6. The second kappa shape index (κ2) is 10.2. The number of nitrogens with one attached hydrogen (secondary N) is 1. The van der Waals surface area contributed by atoms with Crippen LogP contribution in [0.4, 0.5) is 10.3 Å². The number of halogens is 1. The minimum atomic E-state index is -0.469. The highest BCUT2D eigenvalue weighted by atomic mass is 31.0. The third-order valence-electron chi connectivity index (χ3n) is 6.39. The van der Waals surface area contributed by atoms with Crippen LogP contribution in [-0.4, -0.2) is 35.2 Å². The molecule has 0 bridgehead atoms. The van der Waals surface area contributed by atoms with Crippen molar-refractivity contribution in [3.8, 4) is 0 Å². The van der Waals surface area contributed by atoms with E-state index in [1.54, 1.807) is 36.1 Å². The molecule has 2 unspecified atom stereocenters. The maximum Gasteiger partial charge on any atom is 0.259 e. The van der Waals surface area contributed by atoms with Gasteiger partial charge in [-0.2, -0.15) is 0 Å². The molecule has 5 aromatic rings. The second-order valence-electron chi connectivity index (χ2n) is 8.64. The lowest BCUT2D eigenvalue weighted by Crippen LogP contribution is -2.17. The Kier molecular flexibility index (Phi) is 6.80. The van der Waals surface area contributed by atoms with Crippen molar-refractivity contribution in [3.63, 3.8) is 0 Å². The van der Waals surface area contributed by atoms with E-state index in [4.69, 9.17) is 4.98 Å². The van der Waals surface area contributed by atoms with E-state index < -0.39 is 5.92 Å². The van der Waals surface area contributed by atoms with E-state index in [1.165, 1.54) is 6.07 Å². The van der Waals surface area contributed by atoms with Gasteiger partial charge in [-0.1, -0.05) is 42.5 Å². The molecule has 10 heteroatoms. The van der Waals surface area contributed by atoms with Gasteiger partial charge in [0.25, 0.3) is 5.91 Å². The average Bonchev–Trinajstić information content (AvgIpc) is 3.49. The van der Waals surface area contributed by atoms with Crippen LogP contribution in [0.5, 0.6) is 0 Å². The fraction of sp³-hybridized carbons (Fsp3) is 0.222. The largest absolute Gasteiger partial charge is 0.326 e. The summed E-state index contributed by atoms with van der Waals surface area (Å²) in [4.78, 5) is 26.8. The van der Waals surface area contributed by atoms with Gasteiger partial charge in [0, 0.05) is 18.7 Å². The van der Waals surface area contributed by atoms with Crippen LogP contribution >= 0.6 is 9.24 Å². The number of pyridine rings is 1. The molecule has 3 aromatic heterocycles. The summed E-state index contributed by atoms with van der Waals surface area (Å²) in [5.41, 5.74) is 3.57. The predicted molar refractivity (Wildman–Crippen MR) is 145 cm³/mol. The first-order chi connectivity index (χ1) is 17.9. The number of hydrogen-bond donors (Lipinski definition) is 1. The number of aryl methyl sites for hydroxylation is 3. The van der Waals surface area contributed by atoms with Crippen molar-refractivity contribution in [2.45, 2.75) is 39.8 Å². The molecule has 0 aliphatic carbocycles. The minimum absolute atomic E-state index is 0.229. The van der Waals surface area contributed by atoms with E-state index in [1.807, 2.05) is 48.7 Å². The number of amides is 1.